The lowest BCUT2D eigenvalue weighted by molar-refractivity contribution is 0.761. The zero-order valence-electron chi connectivity index (χ0n) is 7.25. The fourth-order valence-electron chi connectivity index (χ4n) is 1.06. The Morgan fingerprint density at radius 3 is 2.82 bits per heavy atom. The zero-order chi connectivity index (χ0) is 7.94. The maximum Gasteiger partial charge on any atom is -0.00357 e. The first-order valence-corrected chi connectivity index (χ1v) is 5.80. The fourth-order valence-corrected chi connectivity index (χ4v) is 1.44. The van der Waals surface area contributed by atoms with Crippen molar-refractivity contribution in [2.24, 2.45) is 5.92 Å². The van der Waals surface area contributed by atoms with E-state index in [9.17, 15) is 0 Å². The molecule has 0 aromatic heterocycles. The second kappa shape index (κ2) is 5.70. The zero-order valence-corrected chi connectivity index (χ0v) is 8.07. The van der Waals surface area contributed by atoms with E-state index < -0.39 is 0 Å². The Hall–Kier alpha value is 0.0900. The van der Waals surface area contributed by atoms with Crippen molar-refractivity contribution in [1.29, 1.82) is 0 Å². The average Bonchev–Trinajstić information content (AvgIpc) is 2.80. The van der Waals surface area contributed by atoms with Gasteiger partial charge in [0.2, 0.25) is 0 Å². The average molecular weight is 169 g/mol. The molecule has 0 heterocycles. The van der Waals surface area contributed by atoms with Crippen molar-refractivity contribution >= 4 is 11.8 Å². The lowest BCUT2D eigenvalue weighted by atomic mass is 10.2. The molecule has 1 fully saturated rings. The third-order valence-corrected chi connectivity index (χ3v) is 2.57. The standard InChI is InChI=1S/C10H17S/c1-11-9-5-3-2-4-6-10-7-8-10/h2-3,7,10H,4-6,8-9H2,1H3. The highest BCUT2D eigenvalue weighted by atomic mass is 32.2. The molecular weight excluding hydrogens is 152 g/mol. The van der Waals surface area contributed by atoms with Gasteiger partial charge < -0.3 is 0 Å². The van der Waals surface area contributed by atoms with Crippen LogP contribution in [0.1, 0.15) is 25.7 Å². The molecule has 0 nitrogen and oxygen atoms in total. The molecule has 1 atom stereocenters. The third kappa shape index (κ3) is 5.37. The molecule has 0 amide bonds. The van der Waals surface area contributed by atoms with Gasteiger partial charge in [0.15, 0.2) is 0 Å². The molecule has 0 aliphatic heterocycles. The highest BCUT2D eigenvalue weighted by Crippen LogP contribution is 2.31. The Labute approximate surface area is 74.5 Å². The van der Waals surface area contributed by atoms with Crippen LogP contribution in [-0.4, -0.2) is 12.0 Å². The molecule has 0 bridgehead atoms. The summed E-state index contributed by atoms with van der Waals surface area (Å²) in [5.74, 6) is 2.24. The molecular formula is C10H17S. The van der Waals surface area contributed by atoms with E-state index in [4.69, 9.17) is 0 Å². The summed E-state index contributed by atoms with van der Waals surface area (Å²) in [5.41, 5.74) is 0. The molecule has 0 aromatic rings. The highest BCUT2D eigenvalue weighted by molar-refractivity contribution is 7.98. The van der Waals surface area contributed by atoms with Crippen LogP contribution >= 0.6 is 11.8 Å². The summed E-state index contributed by atoms with van der Waals surface area (Å²) < 4.78 is 0. The van der Waals surface area contributed by atoms with Crippen LogP contribution in [0.25, 0.3) is 0 Å². The maximum absolute atomic E-state index is 2.40. The first-order valence-electron chi connectivity index (χ1n) is 4.40. The molecule has 1 rings (SSSR count). The minimum Gasteiger partial charge on any atom is -0.165 e. The Bertz CT molecular complexity index is 114. The van der Waals surface area contributed by atoms with E-state index in [0.717, 1.165) is 5.92 Å². The molecule has 1 unspecified atom stereocenters. The molecule has 11 heavy (non-hydrogen) atoms. The van der Waals surface area contributed by atoms with Gasteiger partial charge >= 0.3 is 0 Å². The normalized spacial score (nSPS) is 17.9. The van der Waals surface area contributed by atoms with Gasteiger partial charge in [-0.1, -0.05) is 12.2 Å². The van der Waals surface area contributed by atoms with E-state index in [-0.39, 0.29) is 0 Å². The Morgan fingerprint density at radius 2 is 2.18 bits per heavy atom. The molecule has 0 saturated heterocycles. The minimum atomic E-state index is 0.972. The van der Waals surface area contributed by atoms with Crippen LogP contribution in [0, 0.1) is 12.3 Å². The van der Waals surface area contributed by atoms with Crippen LogP contribution in [0.5, 0.6) is 0 Å². The summed E-state index contributed by atoms with van der Waals surface area (Å²) in [5, 5.41) is 0. The number of hydrogen-bond donors (Lipinski definition) is 0. The summed E-state index contributed by atoms with van der Waals surface area (Å²) in [7, 11) is 0. The molecule has 1 aliphatic rings. The lowest BCUT2D eigenvalue weighted by Gasteiger charge is -1.90. The quantitative estimate of drug-likeness (QED) is 0.434. The molecule has 1 radical (unpaired) electrons. The summed E-state index contributed by atoms with van der Waals surface area (Å²) >= 11 is 1.92. The van der Waals surface area contributed by atoms with Crippen molar-refractivity contribution in [1.82, 2.24) is 0 Å². The van der Waals surface area contributed by atoms with E-state index in [1.54, 1.807) is 0 Å². The van der Waals surface area contributed by atoms with Gasteiger partial charge in [0.25, 0.3) is 0 Å². The Kier molecular flexibility index (Phi) is 4.76. The fraction of sp³-hybridized carbons (Fsp3) is 0.700. The van der Waals surface area contributed by atoms with Crippen molar-refractivity contribution in [2.45, 2.75) is 25.7 Å². The lowest BCUT2D eigenvalue weighted by Crippen LogP contribution is -1.74. The van der Waals surface area contributed by atoms with Gasteiger partial charge in [-0.25, -0.2) is 0 Å². The maximum atomic E-state index is 2.40. The smallest absolute Gasteiger partial charge is 0.00357 e. The summed E-state index contributed by atoms with van der Waals surface area (Å²) in [6.45, 7) is 0. The summed E-state index contributed by atoms with van der Waals surface area (Å²) in [6, 6.07) is 0. The van der Waals surface area contributed by atoms with Gasteiger partial charge in [-0.2, -0.15) is 11.8 Å². The molecule has 63 valence electrons. The van der Waals surface area contributed by atoms with Crippen LogP contribution in [0.3, 0.4) is 0 Å². The van der Waals surface area contributed by atoms with Crippen LogP contribution < -0.4 is 0 Å². The molecule has 0 spiro atoms. The first-order chi connectivity index (χ1) is 5.43. The highest BCUT2D eigenvalue weighted by Gasteiger charge is 2.19. The first kappa shape index (κ1) is 9.18. The van der Waals surface area contributed by atoms with E-state index in [2.05, 4.69) is 24.8 Å². The van der Waals surface area contributed by atoms with Gasteiger partial charge in [0.05, 0.1) is 0 Å². The number of rotatable bonds is 6. The van der Waals surface area contributed by atoms with Crippen LogP contribution in [-0.2, 0) is 0 Å². The number of thioether (sulfide) groups is 1. The van der Waals surface area contributed by atoms with Crippen molar-refractivity contribution in [3.8, 4) is 0 Å². The van der Waals surface area contributed by atoms with Gasteiger partial charge in [0.1, 0.15) is 0 Å². The van der Waals surface area contributed by atoms with Crippen molar-refractivity contribution < 1.29 is 0 Å². The second-order valence-electron chi connectivity index (χ2n) is 3.06. The van der Waals surface area contributed by atoms with Crippen molar-refractivity contribution in [2.75, 3.05) is 12.0 Å². The number of hydrogen-bond acceptors (Lipinski definition) is 1. The predicted octanol–water partition coefficient (Wildman–Crippen LogP) is 3.30. The molecule has 1 saturated carbocycles. The second-order valence-corrected chi connectivity index (χ2v) is 4.05. The van der Waals surface area contributed by atoms with E-state index >= 15 is 0 Å². The van der Waals surface area contributed by atoms with Gasteiger partial charge in [-0.05, 0) is 50.0 Å². The molecule has 1 aliphatic carbocycles. The topological polar surface area (TPSA) is 0 Å². The number of allylic oxidation sites excluding steroid dienone is 2. The van der Waals surface area contributed by atoms with E-state index in [1.807, 2.05) is 11.8 Å². The monoisotopic (exact) mass is 169 g/mol. The SMILES string of the molecule is CSCCC=CCCC1[CH]C1. The molecule has 0 aromatic carbocycles. The van der Waals surface area contributed by atoms with Crippen molar-refractivity contribution in [3.05, 3.63) is 18.6 Å². The minimum absolute atomic E-state index is 0.972. The van der Waals surface area contributed by atoms with Gasteiger partial charge in [-0.3, -0.25) is 0 Å². The van der Waals surface area contributed by atoms with Crippen LogP contribution in [0.15, 0.2) is 12.2 Å². The largest absolute Gasteiger partial charge is 0.165 e. The Morgan fingerprint density at radius 1 is 1.45 bits per heavy atom. The van der Waals surface area contributed by atoms with Crippen molar-refractivity contribution in [3.63, 3.8) is 0 Å². The van der Waals surface area contributed by atoms with E-state index in [1.165, 1.54) is 31.4 Å². The van der Waals surface area contributed by atoms with Gasteiger partial charge in [-0.15, -0.1) is 0 Å². The Balaban J connectivity index is 1.80. The summed E-state index contributed by atoms with van der Waals surface area (Å²) in [6.07, 6.45) is 14.5. The van der Waals surface area contributed by atoms with Crippen LogP contribution in [0.4, 0.5) is 0 Å². The molecule has 1 heteroatoms. The van der Waals surface area contributed by atoms with E-state index in [0.29, 0.717) is 0 Å². The predicted molar refractivity (Wildman–Crippen MR) is 53.8 cm³/mol. The third-order valence-electron chi connectivity index (χ3n) is 1.93. The summed E-state index contributed by atoms with van der Waals surface area (Å²) in [4.78, 5) is 0. The molecule has 0 N–H and O–H groups in total. The van der Waals surface area contributed by atoms with Crippen LogP contribution in [0.2, 0.25) is 0 Å². The van der Waals surface area contributed by atoms with Gasteiger partial charge in [0, 0.05) is 0 Å².